The number of carbonyl (C=O) groups excluding carboxylic acids is 1. The van der Waals surface area contributed by atoms with Gasteiger partial charge in [-0.25, -0.2) is 4.79 Å². The fourth-order valence-corrected chi connectivity index (χ4v) is 5.30. The Kier molecular flexibility index (Phi) is 8.50. The van der Waals surface area contributed by atoms with Crippen LogP contribution in [0.2, 0.25) is 5.02 Å². The molecule has 1 fully saturated rings. The van der Waals surface area contributed by atoms with E-state index in [1.54, 1.807) is 19.2 Å². The van der Waals surface area contributed by atoms with E-state index in [2.05, 4.69) is 22.0 Å². The van der Waals surface area contributed by atoms with Crippen molar-refractivity contribution in [1.82, 2.24) is 9.88 Å². The first-order chi connectivity index (χ1) is 18.9. The van der Waals surface area contributed by atoms with Crippen molar-refractivity contribution in [2.24, 2.45) is 0 Å². The molecular weight excluding hydrogens is 516 g/mol. The molecule has 0 bridgehead atoms. The van der Waals surface area contributed by atoms with Crippen LogP contribution in [0.15, 0.2) is 66.9 Å². The van der Waals surface area contributed by atoms with Crippen LogP contribution in [-0.2, 0) is 21.7 Å². The fraction of sp³-hybridized carbons (Fsp3) is 0.355. The third kappa shape index (κ3) is 6.44. The van der Waals surface area contributed by atoms with E-state index < -0.39 is 11.6 Å². The van der Waals surface area contributed by atoms with Gasteiger partial charge < -0.3 is 24.2 Å². The van der Waals surface area contributed by atoms with Gasteiger partial charge in [0.2, 0.25) is 0 Å². The molecule has 0 saturated carbocycles. The number of hydrogen-bond acceptors (Lipinski definition) is 7. The largest absolute Gasteiger partial charge is 0.487 e. The van der Waals surface area contributed by atoms with Crippen LogP contribution in [0.25, 0.3) is 5.57 Å². The molecule has 5 rings (SSSR count). The van der Waals surface area contributed by atoms with Gasteiger partial charge in [-0.2, -0.15) is 0 Å². The van der Waals surface area contributed by atoms with Gasteiger partial charge in [0.1, 0.15) is 18.1 Å². The highest BCUT2D eigenvalue weighted by atomic mass is 35.5. The number of fused-ring (bicyclic) bond motifs is 2. The summed E-state index contributed by atoms with van der Waals surface area (Å²) < 4.78 is 16.8. The predicted octanol–water partition coefficient (Wildman–Crippen LogP) is 5.37. The Morgan fingerprint density at radius 3 is 2.72 bits per heavy atom. The molecule has 0 spiro atoms. The summed E-state index contributed by atoms with van der Waals surface area (Å²) >= 11 is 6.03. The smallest absolute Gasteiger partial charge is 0.344 e. The predicted molar refractivity (Wildman–Crippen MR) is 150 cm³/mol. The van der Waals surface area contributed by atoms with Crippen molar-refractivity contribution >= 4 is 23.1 Å². The van der Waals surface area contributed by atoms with Crippen LogP contribution < -0.4 is 9.47 Å². The minimum atomic E-state index is -0.818. The van der Waals surface area contributed by atoms with E-state index in [1.165, 1.54) is 0 Å². The standard InChI is InChI=1S/C31H33ClN2O5/c1-2-37-30(35)21-38-24-11-12-29-27(19-24)25(26-5-3-15-33-28(26)20-39-29)6-4-16-34-17-13-31(36,14-18-34)22-7-9-23(32)10-8-22/h3,5-12,15,19,36H,2,4,13-14,16-18,20-21H2,1H3. The molecular formula is C31H33ClN2O5. The van der Waals surface area contributed by atoms with E-state index >= 15 is 0 Å². The first kappa shape index (κ1) is 27.2. The molecule has 3 aromatic rings. The second kappa shape index (κ2) is 12.2. The lowest BCUT2D eigenvalue weighted by atomic mass is 9.84. The number of hydrogen-bond donors (Lipinski definition) is 1. The number of piperidine rings is 1. The number of benzene rings is 2. The molecule has 2 aromatic carbocycles. The molecule has 1 saturated heterocycles. The number of nitrogens with zero attached hydrogens (tertiary/aromatic N) is 2. The second-order valence-corrected chi connectivity index (χ2v) is 10.3. The number of pyridine rings is 1. The number of aliphatic hydroxyl groups is 1. The Morgan fingerprint density at radius 1 is 1.15 bits per heavy atom. The van der Waals surface area contributed by atoms with E-state index in [4.69, 9.17) is 25.8 Å². The minimum absolute atomic E-state index is 0.151. The van der Waals surface area contributed by atoms with Gasteiger partial charge in [0.05, 0.1) is 17.9 Å². The molecule has 0 radical (unpaired) electrons. The molecule has 3 heterocycles. The van der Waals surface area contributed by atoms with E-state index in [9.17, 15) is 9.90 Å². The lowest BCUT2D eigenvalue weighted by Crippen LogP contribution is -2.42. The zero-order valence-electron chi connectivity index (χ0n) is 22.1. The highest BCUT2D eigenvalue weighted by Crippen LogP contribution is 2.39. The molecule has 2 aliphatic heterocycles. The Bertz CT molecular complexity index is 1330. The first-order valence-corrected chi connectivity index (χ1v) is 13.7. The molecule has 0 aliphatic carbocycles. The summed E-state index contributed by atoms with van der Waals surface area (Å²) in [6.45, 7) is 4.79. The highest BCUT2D eigenvalue weighted by Gasteiger charge is 2.33. The maximum atomic E-state index is 11.8. The van der Waals surface area contributed by atoms with Crippen molar-refractivity contribution in [3.63, 3.8) is 0 Å². The summed E-state index contributed by atoms with van der Waals surface area (Å²) in [7, 11) is 0. The molecule has 1 aromatic heterocycles. The quantitative estimate of drug-likeness (QED) is 0.379. The van der Waals surface area contributed by atoms with Crippen LogP contribution in [-0.4, -0.2) is 53.8 Å². The van der Waals surface area contributed by atoms with Gasteiger partial charge in [0, 0.05) is 42.0 Å². The van der Waals surface area contributed by atoms with Crippen molar-refractivity contribution < 1.29 is 24.1 Å². The molecule has 8 heteroatoms. The number of esters is 1. The van der Waals surface area contributed by atoms with Gasteiger partial charge in [-0.3, -0.25) is 4.98 Å². The third-order valence-electron chi connectivity index (χ3n) is 7.31. The highest BCUT2D eigenvalue weighted by molar-refractivity contribution is 6.30. The van der Waals surface area contributed by atoms with Crippen LogP contribution >= 0.6 is 11.6 Å². The normalized spacial score (nSPS) is 17.5. The summed E-state index contributed by atoms with van der Waals surface area (Å²) in [4.78, 5) is 18.7. The van der Waals surface area contributed by atoms with E-state index in [1.807, 2.05) is 42.5 Å². The number of ether oxygens (including phenoxy) is 3. The third-order valence-corrected chi connectivity index (χ3v) is 7.56. The Hall–Kier alpha value is -3.39. The van der Waals surface area contributed by atoms with Crippen molar-refractivity contribution in [1.29, 1.82) is 0 Å². The molecule has 0 unspecified atom stereocenters. The van der Waals surface area contributed by atoms with Crippen molar-refractivity contribution in [3.05, 3.63) is 94.3 Å². The van der Waals surface area contributed by atoms with E-state index in [-0.39, 0.29) is 6.61 Å². The van der Waals surface area contributed by atoms with Gasteiger partial charge in [-0.05, 0) is 73.7 Å². The topological polar surface area (TPSA) is 81.1 Å². The van der Waals surface area contributed by atoms with Gasteiger partial charge in [0.25, 0.3) is 0 Å². The van der Waals surface area contributed by atoms with Gasteiger partial charge in [0.15, 0.2) is 6.61 Å². The average molecular weight is 549 g/mol. The number of likely N-dealkylation sites (tertiary alicyclic amines) is 1. The van der Waals surface area contributed by atoms with Crippen LogP contribution in [0.4, 0.5) is 0 Å². The van der Waals surface area contributed by atoms with Gasteiger partial charge in [-0.15, -0.1) is 0 Å². The molecule has 204 valence electrons. The average Bonchev–Trinajstić information content (AvgIpc) is 3.10. The van der Waals surface area contributed by atoms with Crippen molar-refractivity contribution in [2.45, 2.75) is 38.4 Å². The summed E-state index contributed by atoms with van der Waals surface area (Å²) in [5.74, 6) is 0.911. The summed E-state index contributed by atoms with van der Waals surface area (Å²) in [6.07, 6.45) is 6.17. The lowest BCUT2D eigenvalue weighted by Gasteiger charge is -2.38. The number of carbonyl (C=O) groups is 1. The maximum Gasteiger partial charge on any atom is 0.344 e. The number of rotatable bonds is 8. The lowest BCUT2D eigenvalue weighted by molar-refractivity contribution is -0.145. The molecule has 0 amide bonds. The van der Waals surface area contributed by atoms with Gasteiger partial charge >= 0.3 is 5.97 Å². The molecule has 2 aliphatic rings. The Morgan fingerprint density at radius 2 is 1.95 bits per heavy atom. The van der Waals surface area contributed by atoms with Gasteiger partial charge in [-0.1, -0.05) is 35.9 Å². The first-order valence-electron chi connectivity index (χ1n) is 13.4. The second-order valence-electron chi connectivity index (χ2n) is 9.82. The zero-order chi connectivity index (χ0) is 27.2. The number of aromatic nitrogens is 1. The minimum Gasteiger partial charge on any atom is -0.487 e. The van der Waals surface area contributed by atoms with Crippen molar-refractivity contribution in [3.8, 4) is 11.5 Å². The SMILES string of the molecule is CCOC(=O)COc1ccc2c(c1)C(=CCCN1CCC(O)(c3ccc(Cl)cc3)CC1)c1cccnc1CO2. The molecule has 1 N–H and O–H groups in total. The summed E-state index contributed by atoms with van der Waals surface area (Å²) in [6, 6.07) is 17.1. The fourth-order valence-electron chi connectivity index (χ4n) is 5.18. The van der Waals surface area contributed by atoms with Crippen LogP contribution in [0, 0.1) is 0 Å². The zero-order valence-corrected chi connectivity index (χ0v) is 22.8. The van der Waals surface area contributed by atoms with Crippen LogP contribution in [0.1, 0.15) is 48.6 Å². The summed E-state index contributed by atoms with van der Waals surface area (Å²) in [5, 5.41) is 11.9. The molecule has 39 heavy (non-hydrogen) atoms. The summed E-state index contributed by atoms with van der Waals surface area (Å²) in [5.41, 5.74) is 3.94. The molecule has 7 nitrogen and oxygen atoms in total. The van der Waals surface area contributed by atoms with E-state index in [0.717, 1.165) is 59.8 Å². The monoisotopic (exact) mass is 548 g/mol. The molecule has 0 atom stereocenters. The van der Waals surface area contributed by atoms with Crippen LogP contribution in [0.3, 0.4) is 0 Å². The van der Waals surface area contributed by atoms with Crippen LogP contribution in [0.5, 0.6) is 11.5 Å². The van der Waals surface area contributed by atoms with Crippen molar-refractivity contribution in [2.75, 3.05) is 32.8 Å². The maximum absolute atomic E-state index is 11.8. The van der Waals surface area contributed by atoms with E-state index in [0.29, 0.717) is 36.8 Å². The Balaban J connectivity index is 1.31. The Labute approximate surface area is 234 Å². The number of halogens is 1.